The standard InChI is InChI=1S/C22H26ClNO5/c1-4-27-20(19(21(25)28-5-2)22(26)29-6-3)18(17-13-9-10-14-24-17)15-11-7-8-12-16(15)23/h7-14,18-20H,4-6H2,1-3H3. The molecule has 29 heavy (non-hydrogen) atoms. The van der Waals surface area contributed by atoms with Gasteiger partial charge in [-0.05, 0) is 44.5 Å². The Balaban J connectivity index is 2.64. The van der Waals surface area contributed by atoms with Crippen molar-refractivity contribution < 1.29 is 23.8 Å². The molecule has 0 saturated carbocycles. The number of esters is 2. The van der Waals surface area contributed by atoms with Gasteiger partial charge in [-0.2, -0.15) is 0 Å². The van der Waals surface area contributed by atoms with Gasteiger partial charge in [0, 0.05) is 17.8 Å². The van der Waals surface area contributed by atoms with Crippen molar-refractivity contribution in [3.05, 3.63) is 64.9 Å². The zero-order valence-corrected chi connectivity index (χ0v) is 17.6. The van der Waals surface area contributed by atoms with Gasteiger partial charge in [0.05, 0.1) is 30.9 Å². The van der Waals surface area contributed by atoms with Crippen LogP contribution in [0.15, 0.2) is 48.7 Å². The van der Waals surface area contributed by atoms with E-state index in [2.05, 4.69) is 4.98 Å². The zero-order chi connectivity index (χ0) is 21.2. The van der Waals surface area contributed by atoms with Gasteiger partial charge in [-0.15, -0.1) is 0 Å². The molecule has 1 heterocycles. The molecule has 2 unspecified atom stereocenters. The summed E-state index contributed by atoms with van der Waals surface area (Å²) >= 11 is 6.48. The number of ether oxygens (including phenoxy) is 3. The van der Waals surface area contributed by atoms with E-state index in [1.54, 1.807) is 39.1 Å². The first-order chi connectivity index (χ1) is 14.0. The summed E-state index contributed by atoms with van der Waals surface area (Å²) in [7, 11) is 0. The molecular weight excluding hydrogens is 394 g/mol. The van der Waals surface area contributed by atoms with Crippen LogP contribution in [0, 0.1) is 5.92 Å². The number of hydrogen-bond acceptors (Lipinski definition) is 6. The fourth-order valence-electron chi connectivity index (χ4n) is 3.20. The highest BCUT2D eigenvalue weighted by Crippen LogP contribution is 2.37. The van der Waals surface area contributed by atoms with Crippen LogP contribution in [0.5, 0.6) is 0 Å². The Hall–Kier alpha value is -2.44. The van der Waals surface area contributed by atoms with Gasteiger partial charge >= 0.3 is 11.9 Å². The third kappa shape index (κ3) is 5.78. The molecule has 0 aliphatic rings. The highest BCUT2D eigenvalue weighted by atomic mass is 35.5. The highest BCUT2D eigenvalue weighted by Gasteiger charge is 2.44. The van der Waals surface area contributed by atoms with Crippen LogP contribution in [0.2, 0.25) is 5.02 Å². The molecule has 0 amide bonds. The van der Waals surface area contributed by atoms with Gasteiger partial charge in [0.2, 0.25) is 0 Å². The number of carbonyl (C=O) groups is 2. The second-order valence-corrected chi connectivity index (χ2v) is 6.56. The Bertz CT molecular complexity index is 781. The Labute approximate surface area is 176 Å². The zero-order valence-electron chi connectivity index (χ0n) is 16.8. The van der Waals surface area contributed by atoms with Crippen molar-refractivity contribution in [1.82, 2.24) is 4.98 Å². The van der Waals surface area contributed by atoms with Crippen LogP contribution >= 0.6 is 11.6 Å². The third-order valence-electron chi connectivity index (χ3n) is 4.34. The van der Waals surface area contributed by atoms with Gasteiger partial charge in [0.1, 0.15) is 0 Å². The van der Waals surface area contributed by atoms with Gasteiger partial charge in [-0.3, -0.25) is 14.6 Å². The summed E-state index contributed by atoms with van der Waals surface area (Å²) in [5.74, 6) is -3.25. The van der Waals surface area contributed by atoms with Crippen LogP contribution in [0.3, 0.4) is 0 Å². The maximum absolute atomic E-state index is 12.8. The van der Waals surface area contributed by atoms with Gasteiger partial charge < -0.3 is 14.2 Å². The summed E-state index contributed by atoms with van der Waals surface area (Å²) in [6.45, 7) is 5.69. The van der Waals surface area contributed by atoms with Gasteiger partial charge in [0.25, 0.3) is 0 Å². The minimum Gasteiger partial charge on any atom is -0.465 e. The first kappa shape index (κ1) is 22.8. The lowest BCUT2D eigenvalue weighted by Gasteiger charge is -2.31. The van der Waals surface area contributed by atoms with Gasteiger partial charge in [-0.25, -0.2) is 0 Å². The van der Waals surface area contributed by atoms with Crippen LogP contribution in [-0.2, 0) is 23.8 Å². The molecular formula is C22H26ClNO5. The number of hydrogen-bond donors (Lipinski definition) is 0. The Morgan fingerprint density at radius 1 is 0.931 bits per heavy atom. The van der Waals surface area contributed by atoms with Crippen molar-refractivity contribution in [2.75, 3.05) is 19.8 Å². The Morgan fingerprint density at radius 3 is 2.07 bits per heavy atom. The predicted molar refractivity (Wildman–Crippen MR) is 110 cm³/mol. The molecule has 7 heteroatoms. The number of benzene rings is 1. The van der Waals surface area contributed by atoms with Gasteiger partial charge in [0.15, 0.2) is 5.92 Å². The number of aromatic nitrogens is 1. The molecule has 156 valence electrons. The van der Waals surface area contributed by atoms with Crippen LogP contribution in [0.4, 0.5) is 0 Å². The number of rotatable bonds is 10. The Kier molecular flexibility index (Phi) is 9.09. The third-order valence-corrected chi connectivity index (χ3v) is 4.69. The normalized spacial score (nSPS) is 13.0. The lowest BCUT2D eigenvalue weighted by Crippen LogP contribution is -2.43. The van der Waals surface area contributed by atoms with Crippen molar-refractivity contribution in [1.29, 1.82) is 0 Å². The first-order valence-corrected chi connectivity index (χ1v) is 10.0. The van der Waals surface area contributed by atoms with Crippen molar-refractivity contribution in [2.24, 2.45) is 5.92 Å². The van der Waals surface area contributed by atoms with Crippen molar-refractivity contribution in [3.63, 3.8) is 0 Å². The molecule has 6 nitrogen and oxygen atoms in total. The minimum atomic E-state index is -1.28. The van der Waals surface area contributed by atoms with Crippen LogP contribution in [0.25, 0.3) is 0 Å². The molecule has 0 bridgehead atoms. The van der Waals surface area contributed by atoms with E-state index in [4.69, 9.17) is 25.8 Å². The molecule has 0 fully saturated rings. The minimum absolute atomic E-state index is 0.133. The molecule has 0 saturated heterocycles. The quantitative estimate of drug-likeness (QED) is 0.427. The number of pyridine rings is 1. The molecule has 0 aliphatic heterocycles. The summed E-state index contributed by atoms with van der Waals surface area (Å²) in [5, 5.41) is 0.485. The van der Waals surface area contributed by atoms with E-state index in [-0.39, 0.29) is 19.8 Å². The lowest BCUT2D eigenvalue weighted by molar-refractivity contribution is -0.169. The van der Waals surface area contributed by atoms with E-state index in [1.807, 2.05) is 30.3 Å². The van der Waals surface area contributed by atoms with E-state index in [9.17, 15) is 9.59 Å². The van der Waals surface area contributed by atoms with E-state index in [0.717, 1.165) is 0 Å². The smallest absolute Gasteiger partial charge is 0.323 e. The van der Waals surface area contributed by atoms with E-state index in [1.165, 1.54) is 0 Å². The molecule has 2 rings (SSSR count). The SMILES string of the molecule is CCOC(=O)C(C(=O)OCC)C(OCC)C(c1ccccn1)c1ccccc1Cl. The number of halogens is 1. The molecule has 0 radical (unpaired) electrons. The van der Waals surface area contributed by atoms with Crippen LogP contribution in [0.1, 0.15) is 37.9 Å². The molecule has 0 N–H and O–H groups in total. The largest absolute Gasteiger partial charge is 0.465 e. The predicted octanol–water partition coefficient (Wildman–Crippen LogP) is 4.01. The maximum atomic E-state index is 12.8. The van der Waals surface area contributed by atoms with E-state index in [0.29, 0.717) is 16.3 Å². The second kappa shape index (κ2) is 11.5. The first-order valence-electron chi connectivity index (χ1n) is 9.65. The van der Waals surface area contributed by atoms with Crippen LogP contribution in [-0.4, -0.2) is 42.8 Å². The molecule has 1 aromatic heterocycles. The maximum Gasteiger partial charge on any atom is 0.323 e. The van der Waals surface area contributed by atoms with Crippen molar-refractivity contribution in [2.45, 2.75) is 32.8 Å². The average Bonchev–Trinajstić information content (AvgIpc) is 2.71. The second-order valence-electron chi connectivity index (χ2n) is 6.16. The summed E-state index contributed by atoms with van der Waals surface area (Å²) in [5.41, 5.74) is 1.32. The fourth-order valence-corrected chi connectivity index (χ4v) is 3.45. The van der Waals surface area contributed by atoms with Crippen molar-refractivity contribution >= 4 is 23.5 Å². The molecule has 1 aromatic carbocycles. The summed E-state index contributed by atoms with van der Waals surface area (Å²) < 4.78 is 16.3. The molecule has 0 aliphatic carbocycles. The topological polar surface area (TPSA) is 74.7 Å². The molecule has 0 spiro atoms. The molecule has 2 aromatic rings. The van der Waals surface area contributed by atoms with Gasteiger partial charge in [-0.1, -0.05) is 35.9 Å². The van der Waals surface area contributed by atoms with E-state index >= 15 is 0 Å². The fraction of sp³-hybridized carbons (Fsp3) is 0.409. The monoisotopic (exact) mass is 419 g/mol. The summed E-state index contributed by atoms with van der Waals surface area (Å²) in [4.78, 5) is 30.0. The number of nitrogens with zero attached hydrogens (tertiary/aromatic N) is 1. The number of carbonyl (C=O) groups excluding carboxylic acids is 2. The summed E-state index contributed by atoms with van der Waals surface area (Å²) in [6, 6.07) is 12.7. The Morgan fingerprint density at radius 2 is 1.55 bits per heavy atom. The van der Waals surface area contributed by atoms with Crippen molar-refractivity contribution in [3.8, 4) is 0 Å². The van der Waals surface area contributed by atoms with Crippen LogP contribution < -0.4 is 0 Å². The lowest BCUT2D eigenvalue weighted by atomic mass is 9.82. The van der Waals surface area contributed by atoms with E-state index < -0.39 is 29.9 Å². The highest BCUT2D eigenvalue weighted by molar-refractivity contribution is 6.31. The molecule has 2 atom stereocenters. The summed E-state index contributed by atoms with van der Waals surface area (Å²) in [6.07, 6.45) is 0.735. The average molecular weight is 420 g/mol.